The molecule has 0 unspecified atom stereocenters. The summed E-state index contributed by atoms with van der Waals surface area (Å²) in [6.07, 6.45) is 5.05. The summed E-state index contributed by atoms with van der Waals surface area (Å²) in [5, 5.41) is 3.55. The first kappa shape index (κ1) is 10.4. The molecule has 1 nitrogen and oxygen atoms in total. The number of hydrogen-bond donors (Lipinski definition) is 1. The van der Waals surface area contributed by atoms with Crippen LogP contribution in [0.25, 0.3) is 0 Å². The smallest absolute Gasteiger partial charge is 0.00553 e. The summed E-state index contributed by atoms with van der Waals surface area (Å²) in [7, 11) is 0. The average Bonchev–Trinajstić information content (AvgIpc) is 2.79. The van der Waals surface area contributed by atoms with Gasteiger partial charge >= 0.3 is 0 Å². The van der Waals surface area contributed by atoms with Crippen LogP contribution in [0.5, 0.6) is 0 Å². The fourth-order valence-corrected chi connectivity index (χ4v) is 1.98. The largest absolute Gasteiger partial charge is 0.315 e. The maximum atomic E-state index is 3.55. The van der Waals surface area contributed by atoms with Crippen LogP contribution in [0, 0.1) is 11.3 Å². The minimum Gasteiger partial charge on any atom is -0.315 e. The second-order valence-corrected chi connectivity index (χ2v) is 5.17. The first-order valence-electron chi connectivity index (χ1n) is 4.91. The van der Waals surface area contributed by atoms with Crippen LogP contribution < -0.4 is 5.32 Å². The summed E-state index contributed by atoms with van der Waals surface area (Å²) in [4.78, 5) is 0. The number of nitrogens with one attached hydrogen (secondary N) is 1. The van der Waals surface area contributed by atoms with E-state index < -0.39 is 0 Å². The van der Waals surface area contributed by atoms with Gasteiger partial charge in [0.25, 0.3) is 0 Å². The number of thioether (sulfide) groups is 1. The minimum absolute atomic E-state index is 0.679. The highest BCUT2D eigenvalue weighted by molar-refractivity contribution is 7.98. The molecule has 72 valence electrons. The lowest BCUT2D eigenvalue weighted by Crippen LogP contribution is -2.29. The highest BCUT2D eigenvalue weighted by Gasteiger charge is 2.44. The van der Waals surface area contributed by atoms with E-state index in [-0.39, 0.29) is 0 Å². The van der Waals surface area contributed by atoms with E-state index in [1.165, 1.54) is 31.7 Å². The molecule has 1 saturated carbocycles. The lowest BCUT2D eigenvalue weighted by molar-refractivity contribution is 0.342. The first-order valence-corrected chi connectivity index (χ1v) is 6.30. The Morgan fingerprint density at radius 2 is 2.08 bits per heavy atom. The molecule has 0 amide bonds. The van der Waals surface area contributed by atoms with Crippen molar-refractivity contribution < 1.29 is 0 Å². The van der Waals surface area contributed by atoms with Crippen LogP contribution in [-0.4, -0.2) is 25.1 Å². The summed E-state index contributed by atoms with van der Waals surface area (Å²) in [6, 6.07) is 0. The maximum Gasteiger partial charge on any atom is 0.00553 e. The zero-order valence-corrected chi connectivity index (χ0v) is 9.34. The van der Waals surface area contributed by atoms with Crippen molar-refractivity contribution in [3.8, 4) is 0 Å². The third kappa shape index (κ3) is 2.67. The summed E-state index contributed by atoms with van der Waals surface area (Å²) < 4.78 is 0. The van der Waals surface area contributed by atoms with Gasteiger partial charge in [-0.2, -0.15) is 11.8 Å². The Bertz CT molecular complexity index is 130. The van der Waals surface area contributed by atoms with Crippen LogP contribution in [0.15, 0.2) is 0 Å². The van der Waals surface area contributed by atoms with Crippen molar-refractivity contribution >= 4 is 11.8 Å². The fourth-order valence-electron chi connectivity index (χ4n) is 1.63. The number of rotatable bonds is 6. The quantitative estimate of drug-likeness (QED) is 0.641. The summed E-state index contributed by atoms with van der Waals surface area (Å²) >= 11 is 1.92. The van der Waals surface area contributed by atoms with Gasteiger partial charge in [-0.05, 0) is 30.4 Å². The van der Waals surface area contributed by atoms with E-state index in [0.717, 1.165) is 5.92 Å². The molecule has 0 aliphatic heterocycles. The van der Waals surface area contributed by atoms with Crippen LogP contribution >= 0.6 is 11.8 Å². The van der Waals surface area contributed by atoms with Gasteiger partial charge in [-0.15, -0.1) is 0 Å². The molecule has 1 aliphatic carbocycles. The third-order valence-electron chi connectivity index (χ3n) is 3.08. The lowest BCUT2D eigenvalue weighted by atomic mass is 9.92. The van der Waals surface area contributed by atoms with Crippen molar-refractivity contribution in [2.45, 2.75) is 26.7 Å². The predicted molar refractivity (Wildman–Crippen MR) is 57.8 cm³/mol. The van der Waals surface area contributed by atoms with Crippen LogP contribution in [0.3, 0.4) is 0 Å². The Hall–Kier alpha value is 0.310. The highest BCUT2D eigenvalue weighted by atomic mass is 32.2. The monoisotopic (exact) mass is 187 g/mol. The Balaban J connectivity index is 2.06. The van der Waals surface area contributed by atoms with E-state index in [1.54, 1.807) is 0 Å². The average molecular weight is 187 g/mol. The molecule has 1 aliphatic rings. The molecule has 12 heavy (non-hydrogen) atoms. The van der Waals surface area contributed by atoms with Crippen molar-refractivity contribution in [2.24, 2.45) is 11.3 Å². The standard InChI is InChI=1S/C10H21NS/c1-9(2)10(4-5-10)8-11-6-7-12-3/h9,11H,4-8H2,1-3H3. The minimum atomic E-state index is 0.679. The second-order valence-electron chi connectivity index (χ2n) is 4.19. The summed E-state index contributed by atoms with van der Waals surface area (Å²) in [5.41, 5.74) is 0.679. The molecule has 1 rings (SSSR count). The molecular weight excluding hydrogens is 166 g/mol. The Morgan fingerprint density at radius 1 is 1.42 bits per heavy atom. The predicted octanol–water partition coefficient (Wildman–Crippen LogP) is 2.38. The lowest BCUT2D eigenvalue weighted by Gasteiger charge is -2.19. The highest BCUT2D eigenvalue weighted by Crippen LogP contribution is 2.51. The Morgan fingerprint density at radius 3 is 2.50 bits per heavy atom. The van der Waals surface area contributed by atoms with Gasteiger partial charge in [0.15, 0.2) is 0 Å². The maximum absolute atomic E-state index is 3.55. The van der Waals surface area contributed by atoms with E-state index in [2.05, 4.69) is 25.4 Å². The van der Waals surface area contributed by atoms with Gasteiger partial charge in [0.1, 0.15) is 0 Å². The molecule has 0 bridgehead atoms. The van der Waals surface area contributed by atoms with Crippen LogP contribution in [0.4, 0.5) is 0 Å². The molecule has 0 heterocycles. The molecule has 0 saturated heterocycles. The van der Waals surface area contributed by atoms with Gasteiger partial charge in [-0.1, -0.05) is 13.8 Å². The van der Waals surface area contributed by atoms with Gasteiger partial charge in [0, 0.05) is 18.8 Å². The Labute approximate surface area is 80.7 Å². The third-order valence-corrected chi connectivity index (χ3v) is 3.69. The van der Waals surface area contributed by atoms with Gasteiger partial charge in [-0.25, -0.2) is 0 Å². The summed E-state index contributed by atoms with van der Waals surface area (Å²) in [5.74, 6) is 2.10. The zero-order chi connectivity index (χ0) is 9.03. The van der Waals surface area contributed by atoms with E-state index in [1.807, 2.05) is 11.8 Å². The number of hydrogen-bond acceptors (Lipinski definition) is 2. The molecule has 0 radical (unpaired) electrons. The SMILES string of the molecule is CSCCNCC1(C(C)C)CC1. The topological polar surface area (TPSA) is 12.0 Å². The van der Waals surface area contributed by atoms with Gasteiger partial charge in [-0.3, -0.25) is 0 Å². The van der Waals surface area contributed by atoms with Crippen LogP contribution in [-0.2, 0) is 0 Å². The van der Waals surface area contributed by atoms with Gasteiger partial charge < -0.3 is 5.32 Å². The van der Waals surface area contributed by atoms with E-state index in [9.17, 15) is 0 Å². The normalized spacial score (nSPS) is 20.0. The summed E-state index contributed by atoms with van der Waals surface area (Å²) in [6.45, 7) is 7.12. The zero-order valence-electron chi connectivity index (χ0n) is 8.52. The first-order chi connectivity index (χ1) is 5.71. The van der Waals surface area contributed by atoms with Crippen LogP contribution in [0.2, 0.25) is 0 Å². The van der Waals surface area contributed by atoms with E-state index in [0.29, 0.717) is 5.41 Å². The van der Waals surface area contributed by atoms with Crippen molar-refractivity contribution in [3.63, 3.8) is 0 Å². The molecule has 1 N–H and O–H groups in total. The van der Waals surface area contributed by atoms with Gasteiger partial charge in [0.05, 0.1) is 0 Å². The van der Waals surface area contributed by atoms with Crippen molar-refractivity contribution in [1.82, 2.24) is 5.32 Å². The molecule has 1 fully saturated rings. The van der Waals surface area contributed by atoms with Gasteiger partial charge in [0.2, 0.25) is 0 Å². The fraction of sp³-hybridized carbons (Fsp3) is 1.00. The van der Waals surface area contributed by atoms with Crippen molar-refractivity contribution in [1.29, 1.82) is 0 Å². The molecule has 2 heteroatoms. The second kappa shape index (κ2) is 4.52. The molecule has 0 aromatic rings. The molecule has 0 aromatic heterocycles. The van der Waals surface area contributed by atoms with E-state index >= 15 is 0 Å². The van der Waals surface area contributed by atoms with Crippen molar-refractivity contribution in [3.05, 3.63) is 0 Å². The Kier molecular flexibility index (Phi) is 3.91. The molecular formula is C10H21NS. The van der Waals surface area contributed by atoms with E-state index in [4.69, 9.17) is 0 Å². The molecule has 0 aromatic carbocycles. The molecule has 0 spiro atoms. The molecule has 0 atom stereocenters. The van der Waals surface area contributed by atoms with Crippen molar-refractivity contribution in [2.75, 3.05) is 25.1 Å². The van der Waals surface area contributed by atoms with Crippen LogP contribution in [0.1, 0.15) is 26.7 Å².